The summed E-state index contributed by atoms with van der Waals surface area (Å²) in [4.78, 5) is 19.8. The van der Waals surface area contributed by atoms with Crippen LogP contribution < -0.4 is 10.2 Å². The molecule has 0 unspecified atom stereocenters. The number of nitrogens with one attached hydrogen (secondary N) is 1. The van der Waals surface area contributed by atoms with Crippen molar-refractivity contribution in [2.45, 2.75) is 25.6 Å². The van der Waals surface area contributed by atoms with Crippen LogP contribution in [0.5, 0.6) is 0 Å². The summed E-state index contributed by atoms with van der Waals surface area (Å²) in [6.07, 6.45) is 3.13. The zero-order chi connectivity index (χ0) is 18.8. The van der Waals surface area contributed by atoms with Gasteiger partial charge in [0.05, 0.1) is 16.8 Å². The van der Waals surface area contributed by atoms with Crippen molar-refractivity contribution in [1.82, 2.24) is 9.55 Å². The van der Waals surface area contributed by atoms with Crippen LogP contribution in [0.3, 0.4) is 0 Å². The highest BCUT2D eigenvalue weighted by atomic mass is 32.2. The quantitative estimate of drug-likeness (QED) is 0.704. The molecule has 0 spiro atoms. The van der Waals surface area contributed by atoms with E-state index in [0.717, 1.165) is 47.8 Å². The molecule has 1 aliphatic rings. The number of imidazole rings is 1. The van der Waals surface area contributed by atoms with Crippen LogP contribution in [-0.2, 0) is 23.5 Å². The van der Waals surface area contributed by atoms with Crippen molar-refractivity contribution in [2.75, 3.05) is 29.6 Å². The minimum Gasteiger partial charge on any atom is -0.371 e. The van der Waals surface area contributed by atoms with Crippen LogP contribution in [0.1, 0.15) is 18.3 Å². The van der Waals surface area contributed by atoms with E-state index >= 15 is 0 Å². The van der Waals surface area contributed by atoms with Gasteiger partial charge in [-0.2, -0.15) is 11.8 Å². The molecular weight excluding hydrogens is 356 g/mol. The molecule has 1 aromatic heterocycles. The second kappa shape index (κ2) is 7.64. The minimum atomic E-state index is -0.0264. The monoisotopic (exact) mass is 380 g/mol. The molecule has 0 fully saturated rings. The van der Waals surface area contributed by atoms with Gasteiger partial charge in [-0.05, 0) is 49.4 Å². The first-order valence-corrected chi connectivity index (χ1v) is 10.7. The Kier molecular flexibility index (Phi) is 5.07. The predicted octanol–water partition coefficient (Wildman–Crippen LogP) is 3.92. The van der Waals surface area contributed by atoms with E-state index in [4.69, 9.17) is 0 Å². The van der Waals surface area contributed by atoms with Crippen molar-refractivity contribution in [2.24, 2.45) is 0 Å². The number of para-hydroxylation sites is 2. The highest BCUT2D eigenvalue weighted by molar-refractivity contribution is 7.97. The van der Waals surface area contributed by atoms with Crippen molar-refractivity contribution in [3.8, 4) is 0 Å². The fraction of sp³-hybridized carbons (Fsp3) is 0.333. The molecule has 0 radical (unpaired) electrons. The maximum absolute atomic E-state index is 12.8. The molecule has 1 aliphatic heterocycles. The zero-order valence-electron chi connectivity index (χ0n) is 15.7. The van der Waals surface area contributed by atoms with Crippen LogP contribution in [0, 0.1) is 0 Å². The second-order valence-corrected chi connectivity index (χ2v) is 7.62. The molecular formula is C21H24N4OS. The maximum Gasteiger partial charge on any atom is 0.244 e. The molecule has 5 nitrogen and oxygen atoms in total. The Morgan fingerprint density at radius 1 is 1.26 bits per heavy atom. The lowest BCUT2D eigenvalue weighted by molar-refractivity contribution is -0.116. The molecule has 6 heteroatoms. The standard InChI is InChI=1S/C21H24N4OS/c1-3-24-11-10-15-8-9-16(12-19(15)24)22-21(26)13-25-18-7-5-4-6-17(18)23-20(25)14-27-2/h4-9,12H,3,10-11,13-14H2,1-2H3,(H,22,26). The Labute approximate surface area is 163 Å². The Hall–Kier alpha value is -2.47. The van der Waals surface area contributed by atoms with Gasteiger partial charge in [0.1, 0.15) is 12.4 Å². The van der Waals surface area contributed by atoms with Crippen LogP contribution >= 0.6 is 11.8 Å². The third kappa shape index (κ3) is 3.54. The van der Waals surface area contributed by atoms with Gasteiger partial charge in [-0.1, -0.05) is 18.2 Å². The Morgan fingerprint density at radius 2 is 2.11 bits per heavy atom. The number of benzene rings is 2. The van der Waals surface area contributed by atoms with Crippen LogP contribution in [-0.4, -0.2) is 34.8 Å². The Morgan fingerprint density at radius 3 is 2.93 bits per heavy atom. The van der Waals surface area contributed by atoms with Gasteiger partial charge in [-0.25, -0.2) is 4.98 Å². The number of thioether (sulfide) groups is 1. The molecule has 3 aromatic rings. The van der Waals surface area contributed by atoms with E-state index in [0.29, 0.717) is 0 Å². The zero-order valence-corrected chi connectivity index (χ0v) is 16.6. The van der Waals surface area contributed by atoms with Gasteiger partial charge in [-0.15, -0.1) is 0 Å². The number of hydrogen-bond donors (Lipinski definition) is 1. The van der Waals surface area contributed by atoms with E-state index in [1.54, 1.807) is 11.8 Å². The second-order valence-electron chi connectivity index (χ2n) is 6.76. The number of nitrogens with zero attached hydrogens (tertiary/aromatic N) is 3. The van der Waals surface area contributed by atoms with Crippen LogP contribution in [0.15, 0.2) is 42.5 Å². The first kappa shape index (κ1) is 17.9. The Balaban J connectivity index is 1.55. The fourth-order valence-electron chi connectivity index (χ4n) is 3.74. The van der Waals surface area contributed by atoms with E-state index in [2.05, 4.69) is 34.3 Å². The third-order valence-electron chi connectivity index (χ3n) is 5.05. The number of fused-ring (bicyclic) bond motifs is 2. The molecule has 1 N–H and O–H groups in total. The summed E-state index contributed by atoms with van der Waals surface area (Å²) < 4.78 is 2.02. The molecule has 0 atom stereocenters. The number of carbonyl (C=O) groups is 1. The molecule has 1 amide bonds. The summed E-state index contributed by atoms with van der Waals surface area (Å²) in [5, 5.41) is 3.07. The summed E-state index contributed by atoms with van der Waals surface area (Å²) in [5.74, 6) is 1.69. The smallest absolute Gasteiger partial charge is 0.244 e. The van der Waals surface area contributed by atoms with Crippen molar-refractivity contribution in [3.63, 3.8) is 0 Å². The van der Waals surface area contributed by atoms with Crippen molar-refractivity contribution >= 4 is 40.1 Å². The molecule has 140 valence electrons. The van der Waals surface area contributed by atoms with Crippen LogP contribution in [0.25, 0.3) is 11.0 Å². The van der Waals surface area contributed by atoms with Gasteiger partial charge < -0.3 is 14.8 Å². The number of hydrogen-bond acceptors (Lipinski definition) is 4. The molecule has 0 bridgehead atoms. The van der Waals surface area contributed by atoms with E-state index in [-0.39, 0.29) is 12.5 Å². The maximum atomic E-state index is 12.8. The lowest BCUT2D eigenvalue weighted by Crippen LogP contribution is -2.21. The molecule has 0 saturated carbocycles. The number of amides is 1. The first-order chi connectivity index (χ1) is 13.2. The van der Waals surface area contributed by atoms with Gasteiger partial charge in [0.15, 0.2) is 0 Å². The average Bonchev–Trinajstić information content (AvgIpc) is 3.23. The molecule has 2 aromatic carbocycles. The highest BCUT2D eigenvalue weighted by Gasteiger charge is 2.19. The predicted molar refractivity (Wildman–Crippen MR) is 114 cm³/mol. The molecule has 0 saturated heterocycles. The summed E-state index contributed by atoms with van der Waals surface area (Å²) in [6, 6.07) is 14.2. The fourth-order valence-corrected chi connectivity index (χ4v) is 4.22. The molecule has 0 aliphatic carbocycles. The van der Waals surface area contributed by atoms with Gasteiger partial charge in [0.25, 0.3) is 0 Å². The van der Waals surface area contributed by atoms with Gasteiger partial charge in [0, 0.05) is 24.5 Å². The highest BCUT2D eigenvalue weighted by Crippen LogP contribution is 2.30. The van der Waals surface area contributed by atoms with Gasteiger partial charge in [-0.3, -0.25) is 4.79 Å². The molecule has 4 rings (SSSR count). The average molecular weight is 381 g/mol. The van der Waals surface area contributed by atoms with Crippen LogP contribution in [0.4, 0.5) is 11.4 Å². The SMILES string of the molecule is CCN1CCc2ccc(NC(=O)Cn3c(CSC)nc4ccccc43)cc21. The van der Waals surface area contributed by atoms with E-state index < -0.39 is 0 Å². The Bertz CT molecular complexity index is 981. The lowest BCUT2D eigenvalue weighted by Gasteiger charge is -2.17. The topological polar surface area (TPSA) is 50.2 Å². The molecule has 2 heterocycles. The lowest BCUT2D eigenvalue weighted by atomic mass is 10.1. The minimum absolute atomic E-state index is 0.0264. The summed E-state index contributed by atoms with van der Waals surface area (Å²) in [6.45, 7) is 4.48. The summed E-state index contributed by atoms with van der Waals surface area (Å²) >= 11 is 1.71. The van der Waals surface area contributed by atoms with Gasteiger partial charge in [0.2, 0.25) is 5.91 Å². The normalized spacial score (nSPS) is 13.2. The third-order valence-corrected chi connectivity index (χ3v) is 5.60. The van der Waals surface area contributed by atoms with E-state index in [1.165, 1.54) is 11.3 Å². The van der Waals surface area contributed by atoms with Crippen LogP contribution in [0.2, 0.25) is 0 Å². The van der Waals surface area contributed by atoms with Gasteiger partial charge >= 0.3 is 0 Å². The number of rotatable bonds is 6. The van der Waals surface area contributed by atoms with Crippen molar-refractivity contribution in [1.29, 1.82) is 0 Å². The summed E-state index contributed by atoms with van der Waals surface area (Å²) in [7, 11) is 0. The van der Waals surface area contributed by atoms with Crippen molar-refractivity contribution in [3.05, 3.63) is 53.9 Å². The number of anilines is 2. The largest absolute Gasteiger partial charge is 0.371 e. The number of carbonyl (C=O) groups excluding carboxylic acids is 1. The first-order valence-electron chi connectivity index (χ1n) is 9.30. The number of likely N-dealkylation sites (N-methyl/N-ethyl adjacent to an activating group) is 1. The summed E-state index contributed by atoms with van der Waals surface area (Å²) in [5.41, 5.74) is 5.40. The molecule has 27 heavy (non-hydrogen) atoms. The van der Waals surface area contributed by atoms with Crippen molar-refractivity contribution < 1.29 is 4.79 Å². The van der Waals surface area contributed by atoms with E-state index in [9.17, 15) is 4.79 Å². The van der Waals surface area contributed by atoms with E-state index in [1.807, 2.05) is 41.2 Å². The number of aromatic nitrogens is 2.